The van der Waals surface area contributed by atoms with Crippen molar-refractivity contribution in [2.45, 2.75) is 20.3 Å². The highest BCUT2D eigenvalue weighted by atomic mass is 14.8. The van der Waals surface area contributed by atoms with E-state index in [1.807, 2.05) is 12.3 Å². The van der Waals surface area contributed by atoms with Crippen molar-refractivity contribution in [3.05, 3.63) is 35.6 Å². The van der Waals surface area contributed by atoms with Gasteiger partial charge >= 0.3 is 0 Å². The molecule has 0 bridgehead atoms. The molecule has 0 radical (unpaired) electrons. The number of hydrogen-bond donors (Lipinski definition) is 0. The molecule has 1 heterocycles. The topological polar surface area (TPSA) is 12.4 Å². The van der Waals surface area contributed by atoms with Crippen LogP contribution in [0.2, 0.25) is 0 Å². The normalized spacial score (nSPS) is 32.5. The zero-order chi connectivity index (χ0) is 8.60. The monoisotopic (exact) mass is 159 g/mol. The lowest BCUT2D eigenvalue weighted by molar-refractivity contribution is 0.494. The fraction of sp³-hybridized carbons (Fsp3) is 0.364. The molecule has 1 aliphatic carbocycles. The molecule has 1 unspecified atom stereocenters. The molecule has 0 saturated heterocycles. The molecule has 1 atom stereocenters. The van der Waals surface area contributed by atoms with Gasteiger partial charge in [-0.2, -0.15) is 0 Å². The van der Waals surface area contributed by atoms with Crippen LogP contribution < -0.4 is 0 Å². The number of rotatable bonds is 0. The number of dihydropyridines is 1. The highest BCUT2D eigenvalue weighted by Gasteiger charge is 2.29. The summed E-state index contributed by atoms with van der Waals surface area (Å²) in [5.74, 6) is 0. The number of nitrogens with zero attached hydrogens (tertiary/aromatic N) is 1. The third kappa shape index (κ3) is 1.06. The molecule has 12 heavy (non-hydrogen) atoms. The summed E-state index contributed by atoms with van der Waals surface area (Å²) >= 11 is 0. The Morgan fingerprint density at radius 1 is 1.42 bits per heavy atom. The quantitative estimate of drug-likeness (QED) is 0.515. The number of allylic oxidation sites excluding steroid dienone is 5. The van der Waals surface area contributed by atoms with Gasteiger partial charge in [-0.15, -0.1) is 0 Å². The second-order valence-corrected chi connectivity index (χ2v) is 3.80. The summed E-state index contributed by atoms with van der Waals surface area (Å²) < 4.78 is 0. The van der Waals surface area contributed by atoms with Gasteiger partial charge in [-0.1, -0.05) is 24.6 Å². The van der Waals surface area contributed by atoms with E-state index < -0.39 is 0 Å². The Labute approximate surface area is 73.2 Å². The summed E-state index contributed by atoms with van der Waals surface area (Å²) in [5, 5.41) is 0. The number of hydrogen-bond acceptors (Lipinski definition) is 1. The van der Waals surface area contributed by atoms with Crippen molar-refractivity contribution < 1.29 is 0 Å². The van der Waals surface area contributed by atoms with Crippen molar-refractivity contribution in [3.63, 3.8) is 0 Å². The van der Waals surface area contributed by atoms with Crippen LogP contribution in [0.15, 0.2) is 40.6 Å². The van der Waals surface area contributed by atoms with E-state index in [-0.39, 0.29) is 5.41 Å². The van der Waals surface area contributed by atoms with Crippen LogP contribution in [0.25, 0.3) is 0 Å². The molecule has 0 fully saturated rings. The molecule has 0 aromatic rings. The van der Waals surface area contributed by atoms with E-state index in [2.05, 4.69) is 37.1 Å². The maximum absolute atomic E-state index is 4.36. The third-order valence-corrected chi connectivity index (χ3v) is 2.52. The van der Waals surface area contributed by atoms with Gasteiger partial charge < -0.3 is 0 Å². The molecule has 2 rings (SSSR count). The van der Waals surface area contributed by atoms with Gasteiger partial charge in [0.1, 0.15) is 0 Å². The van der Waals surface area contributed by atoms with Gasteiger partial charge in [0, 0.05) is 11.6 Å². The SMILES string of the molecule is CC1=CC=C2N=CC=CC2(C)C1. The first-order valence-corrected chi connectivity index (χ1v) is 4.30. The largest absolute Gasteiger partial charge is 0.260 e. The van der Waals surface area contributed by atoms with E-state index in [0.29, 0.717) is 0 Å². The Bertz CT molecular complexity index is 318. The molecule has 1 nitrogen and oxygen atoms in total. The fourth-order valence-corrected chi connectivity index (χ4v) is 1.85. The predicted octanol–water partition coefficient (Wildman–Crippen LogP) is 2.87. The van der Waals surface area contributed by atoms with Crippen LogP contribution >= 0.6 is 0 Å². The predicted molar refractivity (Wildman–Crippen MR) is 52.2 cm³/mol. The van der Waals surface area contributed by atoms with E-state index in [9.17, 15) is 0 Å². The minimum absolute atomic E-state index is 0.160. The van der Waals surface area contributed by atoms with Crippen molar-refractivity contribution in [1.29, 1.82) is 0 Å². The third-order valence-electron chi connectivity index (χ3n) is 2.52. The number of fused-ring (bicyclic) bond motifs is 1. The molecule has 2 aliphatic rings. The van der Waals surface area contributed by atoms with Crippen LogP contribution in [0.5, 0.6) is 0 Å². The van der Waals surface area contributed by atoms with Gasteiger partial charge in [0.15, 0.2) is 0 Å². The van der Waals surface area contributed by atoms with Gasteiger partial charge in [-0.3, -0.25) is 4.99 Å². The number of aliphatic imine (C=N–C) groups is 1. The Morgan fingerprint density at radius 3 is 3.08 bits per heavy atom. The van der Waals surface area contributed by atoms with Gasteiger partial charge in [0.05, 0.1) is 5.70 Å². The maximum Gasteiger partial charge on any atom is 0.0503 e. The molecule has 0 aromatic heterocycles. The molecule has 0 aromatic carbocycles. The van der Waals surface area contributed by atoms with Gasteiger partial charge in [-0.05, 0) is 25.5 Å². The van der Waals surface area contributed by atoms with E-state index in [4.69, 9.17) is 0 Å². The molecule has 0 amide bonds. The van der Waals surface area contributed by atoms with Crippen molar-refractivity contribution in [2.24, 2.45) is 10.4 Å². The summed E-state index contributed by atoms with van der Waals surface area (Å²) in [7, 11) is 0. The summed E-state index contributed by atoms with van der Waals surface area (Å²) in [4.78, 5) is 4.36. The van der Waals surface area contributed by atoms with Crippen LogP contribution in [0, 0.1) is 5.41 Å². The maximum atomic E-state index is 4.36. The van der Waals surface area contributed by atoms with E-state index in [1.165, 1.54) is 11.3 Å². The van der Waals surface area contributed by atoms with Gasteiger partial charge in [-0.25, -0.2) is 0 Å². The van der Waals surface area contributed by atoms with Crippen LogP contribution in [0.4, 0.5) is 0 Å². The molecule has 1 aliphatic heterocycles. The first kappa shape index (κ1) is 7.53. The minimum atomic E-state index is 0.160. The van der Waals surface area contributed by atoms with E-state index >= 15 is 0 Å². The smallest absolute Gasteiger partial charge is 0.0503 e. The lowest BCUT2D eigenvalue weighted by Gasteiger charge is -2.31. The van der Waals surface area contributed by atoms with Crippen molar-refractivity contribution >= 4 is 6.21 Å². The Morgan fingerprint density at radius 2 is 2.25 bits per heavy atom. The summed E-state index contributed by atoms with van der Waals surface area (Å²) in [6.45, 7) is 4.41. The lowest BCUT2D eigenvalue weighted by Crippen LogP contribution is -2.20. The van der Waals surface area contributed by atoms with Gasteiger partial charge in [0.2, 0.25) is 0 Å². The van der Waals surface area contributed by atoms with E-state index in [1.54, 1.807) is 0 Å². The Balaban J connectivity index is 2.45. The fourth-order valence-electron chi connectivity index (χ4n) is 1.85. The van der Waals surface area contributed by atoms with Crippen molar-refractivity contribution in [1.82, 2.24) is 0 Å². The van der Waals surface area contributed by atoms with Crippen LogP contribution in [-0.4, -0.2) is 6.21 Å². The second kappa shape index (κ2) is 2.44. The molecule has 0 spiro atoms. The highest BCUT2D eigenvalue weighted by molar-refractivity contribution is 5.75. The summed E-state index contributed by atoms with van der Waals surface area (Å²) in [6.07, 6.45) is 11.5. The van der Waals surface area contributed by atoms with Gasteiger partial charge in [0.25, 0.3) is 0 Å². The average molecular weight is 159 g/mol. The average Bonchev–Trinajstić information content (AvgIpc) is 2.02. The van der Waals surface area contributed by atoms with Crippen LogP contribution in [0.1, 0.15) is 20.3 Å². The molecule has 0 N–H and O–H groups in total. The molecular weight excluding hydrogens is 146 g/mol. The lowest BCUT2D eigenvalue weighted by atomic mass is 9.76. The minimum Gasteiger partial charge on any atom is -0.260 e. The van der Waals surface area contributed by atoms with Crippen LogP contribution in [-0.2, 0) is 0 Å². The first-order chi connectivity index (χ1) is 5.71. The molecule has 1 heteroatoms. The molecule has 62 valence electrons. The summed E-state index contributed by atoms with van der Waals surface area (Å²) in [5.41, 5.74) is 2.78. The Hall–Kier alpha value is -1.11. The Kier molecular flexibility index (Phi) is 1.53. The zero-order valence-corrected chi connectivity index (χ0v) is 7.54. The summed E-state index contributed by atoms with van der Waals surface area (Å²) in [6, 6.07) is 0. The zero-order valence-electron chi connectivity index (χ0n) is 7.54. The molecular formula is C11H13N. The van der Waals surface area contributed by atoms with Crippen molar-refractivity contribution in [2.75, 3.05) is 0 Å². The second-order valence-electron chi connectivity index (χ2n) is 3.80. The van der Waals surface area contributed by atoms with Crippen LogP contribution in [0.3, 0.4) is 0 Å². The highest BCUT2D eigenvalue weighted by Crippen LogP contribution is 2.40. The molecule has 0 saturated carbocycles. The van der Waals surface area contributed by atoms with E-state index in [0.717, 1.165) is 6.42 Å². The standard InChI is InChI=1S/C11H13N/c1-9-4-5-10-11(2,8-9)6-3-7-12-10/h3-7H,8H2,1-2H3. The van der Waals surface area contributed by atoms with Crippen molar-refractivity contribution in [3.8, 4) is 0 Å². The first-order valence-electron chi connectivity index (χ1n) is 4.30.